The molecule has 0 saturated carbocycles. The van der Waals surface area contributed by atoms with Crippen molar-refractivity contribution in [1.29, 1.82) is 5.26 Å². The van der Waals surface area contributed by atoms with Crippen molar-refractivity contribution in [2.75, 3.05) is 0 Å². The number of nitrogens with zero attached hydrogens (tertiary/aromatic N) is 1. The van der Waals surface area contributed by atoms with Crippen molar-refractivity contribution in [3.63, 3.8) is 0 Å². The van der Waals surface area contributed by atoms with Crippen molar-refractivity contribution in [2.45, 2.75) is 6.61 Å². The van der Waals surface area contributed by atoms with Crippen LogP contribution in [-0.2, 0) is 6.61 Å². The third-order valence-corrected chi connectivity index (χ3v) is 2.32. The molecule has 2 aromatic rings. The minimum absolute atomic E-state index is 0.154. The molecule has 0 unspecified atom stereocenters. The van der Waals surface area contributed by atoms with E-state index in [2.05, 4.69) is 0 Å². The number of hydrogen-bond donors (Lipinski definition) is 0. The second-order valence-electron chi connectivity index (χ2n) is 3.52. The molecule has 0 spiro atoms. The van der Waals surface area contributed by atoms with E-state index in [1.54, 1.807) is 42.5 Å². The first-order valence-electron chi connectivity index (χ1n) is 5.16. The van der Waals surface area contributed by atoms with Crippen LogP contribution in [0.5, 0.6) is 5.75 Å². The Morgan fingerprint density at radius 3 is 2.71 bits per heavy atom. The van der Waals surface area contributed by atoms with Crippen molar-refractivity contribution in [2.24, 2.45) is 0 Å². The van der Waals surface area contributed by atoms with E-state index in [4.69, 9.17) is 10.00 Å². The normalized spacial score (nSPS) is 9.65. The Balaban J connectivity index is 2.08. The molecular weight excluding hydrogens is 217 g/mol. The first kappa shape index (κ1) is 11.2. The first-order valence-corrected chi connectivity index (χ1v) is 5.16. The van der Waals surface area contributed by atoms with E-state index in [1.807, 2.05) is 6.07 Å². The van der Waals surface area contributed by atoms with Crippen LogP contribution < -0.4 is 4.74 Å². The van der Waals surface area contributed by atoms with E-state index in [9.17, 15) is 4.39 Å². The first-order chi connectivity index (χ1) is 8.29. The Morgan fingerprint density at radius 2 is 1.94 bits per heavy atom. The van der Waals surface area contributed by atoms with E-state index in [0.29, 0.717) is 16.9 Å². The Bertz CT molecular complexity index is 560. The molecule has 2 nitrogen and oxygen atoms in total. The fraction of sp³-hybridized carbons (Fsp3) is 0.0714. The van der Waals surface area contributed by atoms with E-state index in [-0.39, 0.29) is 12.4 Å². The lowest BCUT2D eigenvalue weighted by Gasteiger charge is -2.06. The summed E-state index contributed by atoms with van der Waals surface area (Å²) in [6.07, 6.45) is 0. The summed E-state index contributed by atoms with van der Waals surface area (Å²) in [5, 5.41) is 8.73. The molecule has 0 saturated heterocycles. The molecular formula is C14H10FNO. The van der Waals surface area contributed by atoms with Crippen LogP contribution in [0.4, 0.5) is 4.39 Å². The zero-order chi connectivity index (χ0) is 12.1. The number of rotatable bonds is 3. The molecule has 0 radical (unpaired) electrons. The van der Waals surface area contributed by atoms with Crippen LogP contribution in [0, 0.1) is 17.1 Å². The smallest absolute Gasteiger partial charge is 0.129 e. The Hall–Kier alpha value is -2.34. The number of hydrogen-bond acceptors (Lipinski definition) is 2. The highest BCUT2D eigenvalue weighted by Gasteiger charge is 2.02. The summed E-state index contributed by atoms with van der Waals surface area (Å²) in [5.74, 6) is 0.274. The van der Waals surface area contributed by atoms with Crippen LogP contribution in [0.2, 0.25) is 0 Å². The van der Waals surface area contributed by atoms with Gasteiger partial charge < -0.3 is 4.74 Å². The molecule has 0 aromatic heterocycles. The molecule has 0 aliphatic rings. The van der Waals surface area contributed by atoms with Gasteiger partial charge in [-0.2, -0.15) is 5.26 Å². The summed E-state index contributed by atoms with van der Waals surface area (Å²) in [6.45, 7) is 0.154. The molecule has 0 aliphatic heterocycles. The van der Waals surface area contributed by atoms with Crippen molar-refractivity contribution in [3.8, 4) is 11.8 Å². The van der Waals surface area contributed by atoms with E-state index in [1.165, 1.54) is 6.07 Å². The van der Waals surface area contributed by atoms with Gasteiger partial charge in [-0.15, -0.1) is 0 Å². The third kappa shape index (κ3) is 2.82. The fourth-order valence-corrected chi connectivity index (χ4v) is 1.43. The van der Waals surface area contributed by atoms with Gasteiger partial charge in [-0.1, -0.05) is 24.3 Å². The lowest BCUT2D eigenvalue weighted by Crippen LogP contribution is -1.98. The summed E-state index contributed by atoms with van der Waals surface area (Å²) in [6, 6.07) is 15.3. The van der Waals surface area contributed by atoms with Crippen LogP contribution in [0.25, 0.3) is 0 Å². The van der Waals surface area contributed by atoms with E-state index in [0.717, 1.165) is 0 Å². The summed E-state index contributed by atoms with van der Waals surface area (Å²) < 4.78 is 18.7. The van der Waals surface area contributed by atoms with Gasteiger partial charge in [0, 0.05) is 5.56 Å². The maximum absolute atomic E-state index is 13.3. The number of halogens is 1. The van der Waals surface area contributed by atoms with Gasteiger partial charge in [-0.25, -0.2) is 4.39 Å². The Labute approximate surface area is 98.9 Å². The van der Waals surface area contributed by atoms with Gasteiger partial charge in [0.1, 0.15) is 18.2 Å². The Morgan fingerprint density at radius 1 is 1.12 bits per heavy atom. The maximum Gasteiger partial charge on any atom is 0.129 e. The molecule has 2 rings (SSSR count). The van der Waals surface area contributed by atoms with E-state index >= 15 is 0 Å². The highest BCUT2D eigenvalue weighted by molar-refractivity contribution is 5.36. The minimum Gasteiger partial charge on any atom is -0.489 e. The van der Waals surface area contributed by atoms with Crippen molar-refractivity contribution < 1.29 is 9.13 Å². The highest BCUT2D eigenvalue weighted by atomic mass is 19.1. The molecule has 0 aliphatic carbocycles. The molecule has 3 heteroatoms. The standard InChI is InChI=1S/C14H10FNO/c15-14-7-2-1-5-12(14)10-17-13-6-3-4-11(8-13)9-16/h1-8H,10H2. The lowest BCUT2D eigenvalue weighted by atomic mass is 10.2. The van der Waals surface area contributed by atoms with Crippen molar-refractivity contribution >= 4 is 0 Å². The summed E-state index contributed by atoms with van der Waals surface area (Å²) in [4.78, 5) is 0. The molecule has 0 heterocycles. The molecule has 84 valence electrons. The topological polar surface area (TPSA) is 33.0 Å². The summed E-state index contributed by atoms with van der Waals surface area (Å²) >= 11 is 0. The molecule has 2 aromatic carbocycles. The predicted octanol–water partition coefficient (Wildman–Crippen LogP) is 3.28. The van der Waals surface area contributed by atoms with Gasteiger partial charge in [0.15, 0.2) is 0 Å². The van der Waals surface area contributed by atoms with Gasteiger partial charge in [0.2, 0.25) is 0 Å². The molecule has 0 amide bonds. The summed E-state index contributed by atoms with van der Waals surface area (Å²) in [5.41, 5.74) is 1.02. The van der Waals surface area contributed by atoms with Crippen LogP contribution in [-0.4, -0.2) is 0 Å². The molecule has 0 bridgehead atoms. The van der Waals surface area contributed by atoms with Gasteiger partial charge in [0.05, 0.1) is 11.6 Å². The molecule has 17 heavy (non-hydrogen) atoms. The average molecular weight is 227 g/mol. The third-order valence-electron chi connectivity index (χ3n) is 2.32. The molecule has 0 fully saturated rings. The SMILES string of the molecule is N#Cc1cccc(OCc2ccccc2F)c1. The number of ether oxygens (including phenoxy) is 1. The van der Waals surface area contributed by atoms with Gasteiger partial charge in [-0.05, 0) is 24.3 Å². The van der Waals surface area contributed by atoms with Crippen molar-refractivity contribution in [1.82, 2.24) is 0 Å². The van der Waals surface area contributed by atoms with Crippen LogP contribution in [0.1, 0.15) is 11.1 Å². The van der Waals surface area contributed by atoms with Gasteiger partial charge in [0.25, 0.3) is 0 Å². The predicted molar refractivity (Wildman–Crippen MR) is 61.9 cm³/mol. The van der Waals surface area contributed by atoms with Crippen LogP contribution in [0.3, 0.4) is 0 Å². The van der Waals surface area contributed by atoms with Crippen LogP contribution >= 0.6 is 0 Å². The second kappa shape index (κ2) is 5.13. The second-order valence-corrected chi connectivity index (χ2v) is 3.52. The highest BCUT2D eigenvalue weighted by Crippen LogP contribution is 2.15. The largest absolute Gasteiger partial charge is 0.489 e. The lowest BCUT2D eigenvalue weighted by molar-refractivity contribution is 0.300. The minimum atomic E-state index is -0.288. The zero-order valence-corrected chi connectivity index (χ0v) is 9.06. The van der Waals surface area contributed by atoms with Gasteiger partial charge >= 0.3 is 0 Å². The van der Waals surface area contributed by atoms with E-state index < -0.39 is 0 Å². The fourth-order valence-electron chi connectivity index (χ4n) is 1.43. The Kier molecular flexibility index (Phi) is 3.37. The number of benzene rings is 2. The average Bonchev–Trinajstić information content (AvgIpc) is 2.38. The number of nitriles is 1. The summed E-state index contributed by atoms with van der Waals surface area (Å²) in [7, 11) is 0. The molecule has 0 N–H and O–H groups in total. The van der Waals surface area contributed by atoms with Crippen LogP contribution in [0.15, 0.2) is 48.5 Å². The van der Waals surface area contributed by atoms with Crippen molar-refractivity contribution in [3.05, 3.63) is 65.5 Å². The maximum atomic E-state index is 13.3. The molecule has 0 atom stereocenters. The zero-order valence-electron chi connectivity index (χ0n) is 9.06. The quantitative estimate of drug-likeness (QED) is 0.806. The van der Waals surface area contributed by atoms with Gasteiger partial charge in [-0.3, -0.25) is 0 Å². The monoisotopic (exact) mass is 227 g/mol.